The van der Waals surface area contributed by atoms with Crippen molar-refractivity contribution in [1.82, 2.24) is 30.2 Å². The minimum Gasteiger partial charge on any atom is -0.460 e. The van der Waals surface area contributed by atoms with Crippen LogP contribution >= 0.6 is 11.3 Å². The van der Waals surface area contributed by atoms with Crippen LogP contribution in [0.25, 0.3) is 10.6 Å². The van der Waals surface area contributed by atoms with Gasteiger partial charge in [-0.1, -0.05) is 11.3 Å². The van der Waals surface area contributed by atoms with Gasteiger partial charge in [-0.15, -0.1) is 0 Å². The molecule has 4 heterocycles. The van der Waals surface area contributed by atoms with Crippen molar-refractivity contribution in [3.63, 3.8) is 0 Å². The lowest BCUT2D eigenvalue weighted by Crippen LogP contribution is -2.34. The highest BCUT2D eigenvalue weighted by Crippen LogP contribution is 2.56. The molecule has 2 aliphatic carbocycles. The SMILES string of the molecule is O=C1CNCCCN1c1cnc(Nc2ncc(-c3ccnc(OC4CCC5(CC4)CC5)n3)s2)nc1. The fourth-order valence-electron chi connectivity index (χ4n) is 4.80. The lowest BCUT2D eigenvalue weighted by Gasteiger charge is -2.28. The molecule has 0 aromatic carbocycles. The molecule has 11 heteroatoms. The zero-order chi connectivity index (χ0) is 23.7. The number of hydrogen-bond acceptors (Lipinski definition) is 10. The van der Waals surface area contributed by atoms with E-state index >= 15 is 0 Å². The number of thiazole rings is 1. The first-order valence-corrected chi connectivity index (χ1v) is 13.0. The summed E-state index contributed by atoms with van der Waals surface area (Å²) in [5.74, 6) is 0.451. The first kappa shape index (κ1) is 22.3. The van der Waals surface area contributed by atoms with Gasteiger partial charge >= 0.3 is 6.01 Å². The number of amides is 1. The van der Waals surface area contributed by atoms with Gasteiger partial charge < -0.3 is 20.3 Å². The summed E-state index contributed by atoms with van der Waals surface area (Å²) in [4.78, 5) is 37.0. The zero-order valence-electron chi connectivity index (χ0n) is 19.4. The van der Waals surface area contributed by atoms with Crippen LogP contribution in [0.3, 0.4) is 0 Å². The van der Waals surface area contributed by atoms with Crippen molar-refractivity contribution in [2.24, 2.45) is 5.41 Å². The normalized spacial score (nSPS) is 20.0. The minimum atomic E-state index is 0.0277. The van der Waals surface area contributed by atoms with Crippen LogP contribution < -0.4 is 20.3 Å². The third kappa shape index (κ3) is 5.10. The molecule has 35 heavy (non-hydrogen) atoms. The third-order valence-corrected chi connectivity index (χ3v) is 8.03. The monoisotopic (exact) mass is 492 g/mol. The van der Waals surface area contributed by atoms with Crippen LogP contribution in [0.1, 0.15) is 44.9 Å². The molecule has 0 unspecified atom stereocenters. The average Bonchev–Trinajstić information content (AvgIpc) is 3.54. The number of nitrogens with zero attached hydrogens (tertiary/aromatic N) is 6. The lowest BCUT2D eigenvalue weighted by molar-refractivity contribution is -0.117. The predicted molar refractivity (Wildman–Crippen MR) is 133 cm³/mol. The maximum absolute atomic E-state index is 12.3. The van der Waals surface area contributed by atoms with Crippen molar-refractivity contribution in [3.8, 4) is 16.6 Å². The van der Waals surface area contributed by atoms with Crippen molar-refractivity contribution in [3.05, 3.63) is 30.9 Å². The van der Waals surface area contributed by atoms with Gasteiger partial charge in [0, 0.05) is 18.9 Å². The number of carbonyl (C=O) groups excluding carboxylic acids is 1. The van der Waals surface area contributed by atoms with E-state index in [9.17, 15) is 4.79 Å². The number of ether oxygens (including phenoxy) is 1. The molecular formula is C24H28N8O2S. The molecule has 0 bridgehead atoms. The first-order chi connectivity index (χ1) is 17.2. The molecule has 0 radical (unpaired) electrons. The summed E-state index contributed by atoms with van der Waals surface area (Å²) in [6, 6.07) is 2.29. The Morgan fingerprint density at radius 2 is 1.91 bits per heavy atom. The first-order valence-electron chi connectivity index (χ1n) is 12.2. The Balaban J connectivity index is 1.09. The molecule has 1 spiro atoms. The van der Waals surface area contributed by atoms with Crippen molar-refractivity contribution >= 4 is 34.0 Å². The summed E-state index contributed by atoms with van der Waals surface area (Å²) < 4.78 is 6.11. The molecule has 0 atom stereocenters. The Bertz CT molecular complexity index is 1190. The second kappa shape index (κ2) is 9.46. The number of rotatable bonds is 6. The number of nitrogens with one attached hydrogen (secondary N) is 2. The van der Waals surface area contributed by atoms with E-state index in [-0.39, 0.29) is 12.0 Å². The summed E-state index contributed by atoms with van der Waals surface area (Å²) in [6.07, 6.45) is 15.4. The highest BCUT2D eigenvalue weighted by Gasteiger charge is 2.45. The average molecular weight is 493 g/mol. The molecule has 1 amide bonds. The summed E-state index contributed by atoms with van der Waals surface area (Å²) >= 11 is 1.46. The molecule has 182 valence electrons. The fraction of sp³-hybridized carbons (Fsp3) is 0.500. The van der Waals surface area contributed by atoms with Crippen LogP contribution in [0.15, 0.2) is 30.9 Å². The smallest absolute Gasteiger partial charge is 0.317 e. The van der Waals surface area contributed by atoms with Gasteiger partial charge in [-0.25, -0.2) is 19.9 Å². The van der Waals surface area contributed by atoms with Crippen LogP contribution in [0.5, 0.6) is 6.01 Å². The summed E-state index contributed by atoms with van der Waals surface area (Å²) in [6.45, 7) is 1.82. The van der Waals surface area contributed by atoms with Crippen molar-refractivity contribution in [2.45, 2.75) is 51.0 Å². The Hall–Kier alpha value is -3.18. The Labute approximate surface area is 207 Å². The summed E-state index contributed by atoms with van der Waals surface area (Å²) in [7, 11) is 0. The largest absolute Gasteiger partial charge is 0.460 e. The van der Waals surface area contributed by atoms with Crippen LogP contribution in [0, 0.1) is 5.41 Å². The Morgan fingerprint density at radius 3 is 2.71 bits per heavy atom. The van der Waals surface area contributed by atoms with E-state index in [0.29, 0.717) is 41.3 Å². The van der Waals surface area contributed by atoms with E-state index in [0.717, 1.165) is 36.4 Å². The Kier molecular flexibility index (Phi) is 6.03. The van der Waals surface area contributed by atoms with Gasteiger partial charge in [0.25, 0.3) is 0 Å². The molecule has 2 N–H and O–H groups in total. The molecule has 6 rings (SSSR count). The second-order valence-corrected chi connectivity index (χ2v) is 10.6. The number of carbonyl (C=O) groups is 1. The molecule has 3 aromatic rings. The zero-order valence-corrected chi connectivity index (χ0v) is 20.3. The second-order valence-electron chi connectivity index (χ2n) is 9.54. The summed E-state index contributed by atoms with van der Waals surface area (Å²) in [5, 5.41) is 6.91. The molecule has 1 aliphatic heterocycles. The van der Waals surface area contributed by atoms with Gasteiger partial charge in [-0.3, -0.25) is 4.79 Å². The summed E-state index contributed by atoms with van der Waals surface area (Å²) in [5.41, 5.74) is 2.11. The Morgan fingerprint density at radius 1 is 1.09 bits per heavy atom. The third-order valence-electron chi connectivity index (χ3n) is 7.10. The molecule has 1 saturated heterocycles. The van der Waals surface area contributed by atoms with Crippen LogP contribution in [-0.4, -0.2) is 56.6 Å². The minimum absolute atomic E-state index is 0.0277. The van der Waals surface area contributed by atoms with E-state index in [4.69, 9.17) is 4.74 Å². The van der Waals surface area contributed by atoms with Gasteiger partial charge in [-0.2, -0.15) is 4.98 Å². The predicted octanol–water partition coefficient (Wildman–Crippen LogP) is 3.56. The quantitative estimate of drug-likeness (QED) is 0.532. The van der Waals surface area contributed by atoms with E-state index < -0.39 is 0 Å². The van der Waals surface area contributed by atoms with Gasteiger partial charge in [0.2, 0.25) is 11.9 Å². The number of hydrogen-bond donors (Lipinski definition) is 2. The number of aromatic nitrogens is 5. The standard InChI is InChI=1S/C24H28N8O2S/c33-20-15-25-9-1-11-32(20)16-12-27-21(28-13-16)31-23-29-14-19(35-23)18-4-10-26-22(30-18)34-17-2-5-24(6-3-17)7-8-24/h4,10,12-14,17,25H,1-3,5-9,11,15H2,(H,27,28,29,31). The number of anilines is 3. The van der Waals surface area contributed by atoms with E-state index in [1.165, 1.54) is 37.0 Å². The van der Waals surface area contributed by atoms with E-state index in [1.807, 2.05) is 6.07 Å². The lowest BCUT2D eigenvalue weighted by atomic mass is 9.85. The van der Waals surface area contributed by atoms with E-state index in [2.05, 4.69) is 35.6 Å². The maximum atomic E-state index is 12.3. The molecule has 3 aromatic heterocycles. The van der Waals surface area contributed by atoms with Crippen molar-refractivity contribution < 1.29 is 9.53 Å². The van der Waals surface area contributed by atoms with Gasteiger partial charge in [0.05, 0.1) is 35.2 Å². The van der Waals surface area contributed by atoms with Gasteiger partial charge in [0.1, 0.15) is 6.10 Å². The van der Waals surface area contributed by atoms with Crippen LogP contribution in [0.2, 0.25) is 0 Å². The van der Waals surface area contributed by atoms with Crippen LogP contribution in [-0.2, 0) is 4.79 Å². The molecule has 2 saturated carbocycles. The highest BCUT2D eigenvalue weighted by molar-refractivity contribution is 7.18. The van der Waals surface area contributed by atoms with Crippen LogP contribution in [0.4, 0.5) is 16.8 Å². The topological polar surface area (TPSA) is 118 Å². The maximum Gasteiger partial charge on any atom is 0.317 e. The molecular weight excluding hydrogens is 464 g/mol. The van der Waals surface area contributed by atoms with E-state index in [1.54, 1.807) is 29.7 Å². The van der Waals surface area contributed by atoms with Crippen molar-refractivity contribution in [2.75, 3.05) is 29.9 Å². The van der Waals surface area contributed by atoms with Crippen molar-refractivity contribution in [1.29, 1.82) is 0 Å². The fourth-order valence-corrected chi connectivity index (χ4v) is 5.58. The van der Waals surface area contributed by atoms with Gasteiger partial charge in [0.15, 0.2) is 5.13 Å². The van der Waals surface area contributed by atoms with Gasteiger partial charge in [-0.05, 0) is 63.0 Å². The molecule has 10 nitrogen and oxygen atoms in total. The highest BCUT2D eigenvalue weighted by atomic mass is 32.1. The molecule has 3 fully saturated rings. The molecule has 3 aliphatic rings.